The summed E-state index contributed by atoms with van der Waals surface area (Å²) in [6, 6.07) is 25.9. The maximum Gasteiger partial charge on any atom is 0.329 e. The van der Waals surface area contributed by atoms with Gasteiger partial charge in [-0.05, 0) is 141 Å². The summed E-state index contributed by atoms with van der Waals surface area (Å²) in [6.45, 7) is 10.2. The number of rotatable bonds is 13. The molecular formula is C52H62ClN7O6. The van der Waals surface area contributed by atoms with E-state index in [2.05, 4.69) is 63.5 Å². The van der Waals surface area contributed by atoms with Crippen molar-refractivity contribution in [3.63, 3.8) is 0 Å². The maximum absolute atomic E-state index is 14.1. The van der Waals surface area contributed by atoms with Crippen molar-refractivity contribution in [3.8, 4) is 11.5 Å². The van der Waals surface area contributed by atoms with Gasteiger partial charge in [-0.3, -0.25) is 33.7 Å². The number of halogens is 1. The van der Waals surface area contributed by atoms with Crippen molar-refractivity contribution in [2.45, 2.75) is 89.4 Å². The van der Waals surface area contributed by atoms with E-state index in [0.717, 1.165) is 84.8 Å². The van der Waals surface area contributed by atoms with Gasteiger partial charge in [-0.25, -0.2) is 4.79 Å². The van der Waals surface area contributed by atoms with Gasteiger partial charge in [-0.1, -0.05) is 29.8 Å². The fourth-order valence-electron chi connectivity index (χ4n) is 10.8. The molecule has 0 spiro atoms. The van der Waals surface area contributed by atoms with Crippen LogP contribution in [-0.2, 0) is 34.3 Å². The van der Waals surface area contributed by atoms with Crippen LogP contribution in [0, 0.1) is 5.92 Å². The van der Waals surface area contributed by atoms with Gasteiger partial charge in [0.25, 0.3) is 0 Å². The number of methoxy groups -OCH3 is 1. The summed E-state index contributed by atoms with van der Waals surface area (Å²) < 4.78 is 15.0. The fraction of sp³-hybridized carbons (Fsp3) is 0.462. The highest BCUT2D eigenvalue weighted by Crippen LogP contribution is 2.44. The average molecular weight is 917 g/mol. The Hall–Kier alpha value is -5.63. The lowest BCUT2D eigenvalue weighted by atomic mass is 9.84. The van der Waals surface area contributed by atoms with E-state index in [1.807, 2.05) is 61.2 Å². The van der Waals surface area contributed by atoms with E-state index in [1.54, 1.807) is 23.3 Å². The molecule has 1 N–H and O–H groups in total. The fourth-order valence-corrected chi connectivity index (χ4v) is 10.9. The molecule has 3 fully saturated rings. The van der Waals surface area contributed by atoms with Crippen LogP contribution in [-0.4, -0.2) is 102 Å². The Balaban J connectivity index is 0.774. The SMILES string of the molecule is COc1cc2c(cc1OC(C)C)[C@H](c1ccc(Cl)cc1)N(c1ccc(N(C)CC3CCC(N4CCN(CCc5ccc6c(c5)n(C)c(=O)n6C5CCC(=O)NC5=O)CC4)CC3)cc1)C(=O)C2. The van der Waals surface area contributed by atoms with Crippen molar-refractivity contribution in [3.05, 3.63) is 117 Å². The molecule has 2 atom stereocenters. The van der Waals surface area contributed by atoms with Crippen LogP contribution in [0.4, 0.5) is 11.4 Å². The summed E-state index contributed by atoms with van der Waals surface area (Å²) >= 11 is 6.34. The summed E-state index contributed by atoms with van der Waals surface area (Å²) in [5, 5.41) is 3.03. The molecule has 4 heterocycles. The molecule has 348 valence electrons. The number of nitrogens with one attached hydrogen (secondary N) is 1. The van der Waals surface area contributed by atoms with Crippen LogP contribution in [0.15, 0.2) is 83.7 Å². The Morgan fingerprint density at radius 2 is 1.56 bits per heavy atom. The third kappa shape index (κ3) is 9.35. The molecule has 3 amide bonds. The van der Waals surface area contributed by atoms with Gasteiger partial charge >= 0.3 is 5.69 Å². The standard InChI is InChI=1S/C52H62ClN7O6/c1-33(2)66-47-31-42-37(29-46(47)65-5)30-49(62)59(50(42)36-9-11-38(53)12-10-36)41-17-15-39(16-18-41)55(3)32-35-6-13-40(14-7-35)58-26-24-57(25-27-58)23-22-34-8-19-43-45(28-34)56(4)52(64)60(43)44-20-21-48(61)54-51(44)63/h8-12,15-19,28-29,31,33,35,40,44,50H,6-7,13-14,20-27,30,32H2,1-5H3,(H,54,61,63)/t35?,40?,44?,50-/m0/s1. The zero-order valence-electron chi connectivity index (χ0n) is 38.8. The number of anilines is 2. The van der Waals surface area contributed by atoms with E-state index < -0.39 is 11.9 Å². The second-order valence-electron chi connectivity index (χ2n) is 19.0. The number of benzene rings is 4. The van der Waals surface area contributed by atoms with E-state index in [1.165, 1.54) is 31.2 Å². The van der Waals surface area contributed by atoms with Crippen LogP contribution in [0.3, 0.4) is 0 Å². The number of fused-ring (bicyclic) bond motifs is 2. The van der Waals surface area contributed by atoms with Gasteiger partial charge in [0, 0.05) is 82.2 Å². The van der Waals surface area contributed by atoms with Crippen molar-refractivity contribution in [1.29, 1.82) is 0 Å². The average Bonchev–Trinajstić information content (AvgIpc) is 3.56. The van der Waals surface area contributed by atoms with Gasteiger partial charge < -0.3 is 24.2 Å². The van der Waals surface area contributed by atoms with Gasteiger partial charge in [0.2, 0.25) is 17.7 Å². The first-order chi connectivity index (χ1) is 31.8. The van der Waals surface area contributed by atoms with E-state index >= 15 is 0 Å². The number of piperazine rings is 1. The molecule has 2 saturated heterocycles. The highest BCUT2D eigenvalue weighted by atomic mass is 35.5. The predicted octanol–water partition coefficient (Wildman–Crippen LogP) is 7.30. The van der Waals surface area contributed by atoms with Crippen LogP contribution in [0.2, 0.25) is 5.02 Å². The summed E-state index contributed by atoms with van der Waals surface area (Å²) in [6.07, 6.45) is 6.51. The molecule has 9 rings (SSSR count). The number of aromatic nitrogens is 2. The van der Waals surface area contributed by atoms with Crippen molar-refractivity contribution in [2.24, 2.45) is 13.0 Å². The normalized spacial score (nSPS) is 21.9. The molecule has 14 heteroatoms. The molecule has 5 aromatic rings. The van der Waals surface area contributed by atoms with Crippen molar-refractivity contribution < 1.29 is 23.9 Å². The number of amides is 3. The number of carbonyl (C=O) groups is 3. The molecule has 1 saturated carbocycles. The first kappa shape index (κ1) is 45.5. The highest BCUT2D eigenvalue weighted by molar-refractivity contribution is 6.30. The summed E-state index contributed by atoms with van der Waals surface area (Å²) in [5.74, 6) is 1.22. The highest BCUT2D eigenvalue weighted by Gasteiger charge is 2.37. The number of aryl methyl sites for hydroxylation is 1. The zero-order chi connectivity index (χ0) is 46.2. The number of imidazole rings is 1. The topological polar surface area (TPSA) is 122 Å². The van der Waals surface area contributed by atoms with E-state index in [9.17, 15) is 19.2 Å². The lowest BCUT2D eigenvalue weighted by Crippen LogP contribution is -2.51. The van der Waals surface area contributed by atoms with E-state index in [-0.39, 0.29) is 42.5 Å². The molecule has 1 aromatic heterocycles. The van der Waals surface area contributed by atoms with Gasteiger partial charge in [-0.15, -0.1) is 0 Å². The number of carbonyl (C=O) groups excluding carboxylic acids is 3. The molecule has 1 unspecified atom stereocenters. The number of hydrogen-bond acceptors (Lipinski definition) is 9. The Bertz CT molecular complexity index is 2640. The van der Waals surface area contributed by atoms with Crippen molar-refractivity contribution in [2.75, 3.05) is 63.2 Å². The maximum atomic E-state index is 14.1. The molecular weight excluding hydrogens is 854 g/mol. The molecule has 4 aromatic carbocycles. The Morgan fingerprint density at radius 3 is 2.24 bits per heavy atom. The lowest BCUT2D eigenvalue weighted by Gasteiger charge is -2.42. The number of ether oxygens (including phenoxy) is 2. The van der Waals surface area contributed by atoms with Gasteiger partial charge in [-0.2, -0.15) is 0 Å². The minimum absolute atomic E-state index is 0.0203. The number of imide groups is 1. The first-order valence-electron chi connectivity index (χ1n) is 23.6. The smallest absolute Gasteiger partial charge is 0.329 e. The minimum Gasteiger partial charge on any atom is -0.493 e. The molecule has 66 heavy (non-hydrogen) atoms. The molecule has 0 radical (unpaired) electrons. The molecule has 4 aliphatic rings. The van der Waals surface area contributed by atoms with Crippen LogP contribution in [0.5, 0.6) is 11.5 Å². The summed E-state index contributed by atoms with van der Waals surface area (Å²) in [4.78, 5) is 61.2. The number of piperidine rings is 1. The molecule has 0 bridgehead atoms. The van der Waals surface area contributed by atoms with Gasteiger partial charge in [0.15, 0.2) is 11.5 Å². The molecule has 13 nitrogen and oxygen atoms in total. The lowest BCUT2D eigenvalue weighted by molar-refractivity contribution is -0.135. The number of hydrogen-bond donors (Lipinski definition) is 1. The minimum atomic E-state index is -0.676. The Morgan fingerprint density at radius 1 is 0.833 bits per heavy atom. The third-order valence-electron chi connectivity index (χ3n) is 14.4. The first-order valence-corrected chi connectivity index (χ1v) is 24.0. The predicted molar refractivity (Wildman–Crippen MR) is 259 cm³/mol. The Labute approximate surface area is 392 Å². The van der Waals surface area contributed by atoms with Crippen LogP contribution < -0.4 is 30.3 Å². The monoisotopic (exact) mass is 915 g/mol. The summed E-state index contributed by atoms with van der Waals surface area (Å²) in [7, 11) is 5.56. The zero-order valence-corrected chi connectivity index (χ0v) is 39.6. The molecule has 1 aliphatic carbocycles. The quantitative estimate of drug-likeness (QED) is 0.121. The Kier molecular flexibility index (Phi) is 13.3. The van der Waals surface area contributed by atoms with E-state index in [4.69, 9.17) is 21.1 Å². The second kappa shape index (κ2) is 19.3. The van der Waals surface area contributed by atoms with Crippen LogP contribution >= 0.6 is 11.6 Å². The summed E-state index contributed by atoms with van der Waals surface area (Å²) in [5.41, 5.74) is 7.35. The van der Waals surface area contributed by atoms with Gasteiger partial charge in [0.1, 0.15) is 6.04 Å². The van der Waals surface area contributed by atoms with Gasteiger partial charge in [0.05, 0.1) is 36.7 Å². The van der Waals surface area contributed by atoms with Crippen LogP contribution in [0.25, 0.3) is 11.0 Å². The second-order valence-corrected chi connectivity index (χ2v) is 19.4. The third-order valence-corrected chi connectivity index (χ3v) is 14.6. The van der Waals surface area contributed by atoms with Crippen LogP contribution in [0.1, 0.15) is 86.7 Å². The largest absolute Gasteiger partial charge is 0.493 e. The van der Waals surface area contributed by atoms with Crippen molar-refractivity contribution >= 4 is 51.7 Å². The number of nitrogens with zero attached hydrogens (tertiary/aromatic N) is 6. The van der Waals surface area contributed by atoms with Crippen molar-refractivity contribution in [1.82, 2.24) is 24.3 Å². The molecule has 3 aliphatic heterocycles. The van der Waals surface area contributed by atoms with E-state index in [0.29, 0.717) is 34.9 Å².